The first-order chi connectivity index (χ1) is 14.5. The smallest absolute Gasteiger partial charge is 0.180 e. The highest BCUT2D eigenvalue weighted by molar-refractivity contribution is 8.23. The predicted molar refractivity (Wildman–Crippen MR) is 133 cm³/mol. The molecule has 9 heteroatoms. The van der Waals surface area contributed by atoms with Crippen molar-refractivity contribution in [3.8, 4) is 0 Å². The number of anilines is 2. The van der Waals surface area contributed by atoms with Crippen LogP contribution in [-0.4, -0.2) is 25.8 Å². The molecular formula is C23H28ClN3O4S. The summed E-state index contributed by atoms with van der Waals surface area (Å²) in [5.74, 6) is -0.174. The Hall–Kier alpha value is -2.52. The Kier molecular flexibility index (Phi) is 6.36. The molecule has 6 N–H and O–H groups in total. The highest BCUT2D eigenvalue weighted by Crippen LogP contribution is 2.56. The Morgan fingerprint density at radius 1 is 1.19 bits per heavy atom. The zero-order valence-corrected chi connectivity index (χ0v) is 19.8. The lowest BCUT2D eigenvalue weighted by atomic mass is 9.66. The molecular weight excluding hydrogens is 450 g/mol. The number of nitrogen functional groups attached to an aromatic ring is 1. The lowest BCUT2D eigenvalue weighted by Crippen LogP contribution is -2.42. The van der Waals surface area contributed by atoms with Crippen molar-refractivity contribution >= 4 is 51.9 Å². The number of nitrogens with one attached hydrogen (secondary N) is 1. The van der Waals surface area contributed by atoms with Gasteiger partial charge in [0.25, 0.3) is 0 Å². The molecule has 2 aliphatic rings. The van der Waals surface area contributed by atoms with Gasteiger partial charge < -0.3 is 16.2 Å². The second-order valence-electron chi connectivity index (χ2n) is 8.70. The minimum Gasteiger partial charge on any atom is -0.506 e. The van der Waals surface area contributed by atoms with Crippen molar-refractivity contribution in [1.82, 2.24) is 0 Å². The average molecular weight is 478 g/mol. The molecule has 0 amide bonds. The van der Waals surface area contributed by atoms with Crippen LogP contribution in [0, 0.1) is 5.92 Å². The number of fused-ring (bicyclic) bond motifs is 2. The Morgan fingerprint density at radius 2 is 1.88 bits per heavy atom. The van der Waals surface area contributed by atoms with Crippen molar-refractivity contribution in [3.63, 3.8) is 0 Å². The molecule has 0 bridgehead atoms. The molecule has 0 aromatic heterocycles. The Morgan fingerprint density at radius 3 is 2.56 bits per heavy atom. The van der Waals surface area contributed by atoms with Gasteiger partial charge in [0.15, 0.2) is 11.6 Å². The summed E-state index contributed by atoms with van der Waals surface area (Å²) in [4.78, 5) is 14.0. The first kappa shape index (κ1) is 24.1. The van der Waals surface area contributed by atoms with E-state index in [1.54, 1.807) is 24.3 Å². The first-order valence-electron chi connectivity index (χ1n) is 10.2. The third-order valence-corrected chi connectivity index (χ3v) is 7.34. The van der Waals surface area contributed by atoms with Crippen LogP contribution in [0.15, 0.2) is 57.3 Å². The number of hydrogen-bond donors (Lipinski definition) is 5. The van der Waals surface area contributed by atoms with Crippen LogP contribution in [0.1, 0.15) is 44.7 Å². The van der Waals surface area contributed by atoms with E-state index in [1.807, 2.05) is 19.1 Å². The second-order valence-corrected chi connectivity index (χ2v) is 10.4. The molecule has 1 heterocycles. The van der Waals surface area contributed by atoms with Gasteiger partial charge in [-0.2, -0.15) is 0 Å². The largest absolute Gasteiger partial charge is 0.506 e. The molecule has 1 unspecified atom stereocenters. The van der Waals surface area contributed by atoms with Crippen LogP contribution in [0.2, 0.25) is 0 Å². The zero-order valence-electron chi connectivity index (χ0n) is 18.1. The van der Waals surface area contributed by atoms with Gasteiger partial charge in [-0.1, -0.05) is 48.9 Å². The molecule has 2 aromatic rings. The molecule has 1 atom stereocenters. The number of benzene rings is 2. The summed E-state index contributed by atoms with van der Waals surface area (Å²) in [6.45, 7) is 6.07. The van der Waals surface area contributed by atoms with Crippen LogP contribution in [0.25, 0.3) is 5.76 Å². The Balaban J connectivity index is 0.00000289. The average Bonchev–Trinajstić information content (AvgIpc) is 2.71. The van der Waals surface area contributed by atoms with E-state index in [-0.39, 0.29) is 40.3 Å². The second kappa shape index (κ2) is 8.44. The molecule has 4 rings (SSSR count). The number of ketones is 1. The lowest BCUT2D eigenvalue weighted by molar-refractivity contribution is -0.120. The monoisotopic (exact) mass is 477 g/mol. The molecule has 0 saturated heterocycles. The number of nitrogens with two attached hydrogens (primary N) is 1. The quantitative estimate of drug-likeness (QED) is 0.355. The summed E-state index contributed by atoms with van der Waals surface area (Å²) in [7, 11) is -3.60. The molecule has 32 heavy (non-hydrogen) atoms. The van der Waals surface area contributed by atoms with Gasteiger partial charge in [-0.15, -0.1) is 16.8 Å². The molecule has 2 aromatic carbocycles. The van der Waals surface area contributed by atoms with Crippen LogP contribution >= 0.6 is 23.2 Å². The summed E-state index contributed by atoms with van der Waals surface area (Å²) in [6.07, 6.45) is 1.41. The number of carbonyl (C=O) groups excluding carboxylic acids is 1. The maximum absolute atomic E-state index is 13.8. The fourth-order valence-electron chi connectivity index (χ4n) is 4.16. The standard InChI is InChI=1S/C23H27N3O4S.ClH/c1-13(2)10-11-23(3)16-7-5-4-6-15(16)20(27)19(21(23)28)22-25-17-9-8-14(24)12-18(17)31(29,30)26-22;/h4-9,12-13,27,29-30H,10-11,24H2,1-3H3,(H,25,26);1H. The maximum atomic E-state index is 13.8. The van der Waals surface area contributed by atoms with Gasteiger partial charge in [-0.25, -0.2) is 0 Å². The van der Waals surface area contributed by atoms with Crippen molar-refractivity contribution in [1.29, 1.82) is 0 Å². The van der Waals surface area contributed by atoms with Gasteiger partial charge in [-0.05, 0) is 49.4 Å². The van der Waals surface area contributed by atoms with Gasteiger partial charge >= 0.3 is 0 Å². The van der Waals surface area contributed by atoms with E-state index in [9.17, 15) is 19.0 Å². The number of aliphatic hydroxyl groups is 1. The summed E-state index contributed by atoms with van der Waals surface area (Å²) in [5, 5.41) is 14.1. The van der Waals surface area contributed by atoms with Crippen LogP contribution in [0.3, 0.4) is 0 Å². The van der Waals surface area contributed by atoms with E-state index >= 15 is 0 Å². The number of carbonyl (C=O) groups is 1. The minimum absolute atomic E-state index is 0. The van der Waals surface area contributed by atoms with Crippen LogP contribution < -0.4 is 11.1 Å². The highest BCUT2D eigenvalue weighted by Gasteiger charge is 2.46. The van der Waals surface area contributed by atoms with Crippen molar-refractivity contribution in [2.75, 3.05) is 11.1 Å². The fraction of sp³-hybridized carbons (Fsp3) is 0.304. The number of hydrogen-bond acceptors (Lipinski definition) is 7. The Labute approximate surface area is 195 Å². The van der Waals surface area contributed by atoms with Crippen LogP contribution in [0.4, 0.5) is 11.4 Å². The maximum Gasteiger partial charge on any atom is 0.180 e. The first-order valence-corrected chi connectivity index (χ1v) is 11.7. The van der Waals surface area contributed by atoms with Gasteiger partial charge in [0.05, 0.1) is 11.1 Å². The van der Waals surface area contributed by atoms with Crippen molar-refractivity contribution < 1.29 is 19.0 Å². The van der Waals surface area contributed by atoms with E-state index in [0.717, 1.165) is 12.0 Å². The summed E-state index contributed by atoms with van der Waals surface area (Å²) in [6, 6.07) is 11.9. The lowest BCUT2D eigenvalue weighted by Gasteiger charge is -2.39. The van der Waals surface area contributed by atoms with E-state index in [4.69, 9.17) is 5.73 Å². The van der Waals surface area contributed by atoms with Crippen molar-refractivity contribution in [2.24, 2.45) is 10.3 Å². The van der Waals surface area contributed by atoms with E-state index in [1.165, 1.54) is 6.07 Å². The molecule has 0 radical (unpaired) electrons. The normalized spacial score (nSPS) is 22.3. The zero-order chi connectivity index (χ0) is 22.6. The molecule has 7 nitrogen and oxygen atoms in total. The van der Waals surface area contributed by atoms with E-state index < -0.39 is 16.2 Å². The summed E-state index contributed by atoms with van der Waals surface area (Å²) in [5.41, 5.74) is 6.93. The number of halogens is 1. The van der Waals surface area contributed by atoms with Crippen molar-refractivity contribution in [3.05, 3.63) is 59.2 Å². The fourth-order valence-corrected chi connectivity index (χ4v) is 5.36. The summed E-state index contributed by atoms with van der Waals surface area (Å²) < 4.78 is 25.4. The molecule has 0 spiro atoms. The highest BCUT2D eigenvalue weighted by atomic mass is 35.5. The number of amidine groups is 1. The van der Waals surface area contributed by atoms with Gasteiger partial charge in [0.2, 0.25) is 0 Å². The third kappa shape index (κ3) is 3.88. The van der Waals surface area contributed by atoms with Gasteiger partial charge in [0.1, 0.15) is 16.2 Å². The molecule has 1 aliphatic carbocycles. The van der Waals surface area contributed by atoms with Crippen LogP contribution in [-0.2, 0) is 10.2 Å². The van der Waals surface area contributed by atoms with E-state index in [0.29, 0.717) is 29.3 Å². The molecule has 0 saturated carbocycles. The SMILES string of the molecule is CC(C)CCC1(C)C(=O)C(C2=NS(O)(O)c3cc(N)ccc3N2)=C(O)c2ccccc21.Cl. The Bertz CT molecular complexity index is 1150. The number of rotatable bonds is 4. The van der Waals surface area contributed by atoms with Crippen molar-refractivity contribution in [2.45, 2.75) is 43.9 Å². The number of nitrogens with zero attached hydrogens (tertiary/aromatic N) is 1. The van der Waals surface area contributed by atoms with Gasteiger partial charge in [-0.3, -0.25) is 13.9 Å². The third-order valence-electron chi connectivity index (χ3n) is 5.97. The number of aliphatic hydroxyl groups excluding tert-OH is 1. The van der Waals surface area contributed by atoms with Gasteiger partial charge in [0, 0.05) is 11.3 Å². The minimum atomic E-state index is -3.60. The molecule has 172 valence electrons. The topological polar surface area (TPSA) is 128 Å². The van der Waals surface area contributed by atoms with Crippen LogP contribution in [0.5, 0.6) is 0 Å². The predicted octanol–water partition coefficient (Wildman–Crippen LogP) is 5.79. The summed E-state index contributed by atoms with van der Waals surface area (Å²) >= 11 is 0. The number of Topliss-reactive ketones (excluding diaryl/α,β-unsaturated/α-hetero) is 1. The van der Waals surface area contributed by atoms with E-state index in [2.05, 4.69) is 23.6 Å². The molecule has 1 aliphatic heterocycles. The molecule has 0 fully saturated rings.